The van der Waals surface area contributed by atoms with Crippen molar-refractivity contribution in [1.29, 1.82) is 5.26 Å². The molecule has 166 valence electrons. The van der Waals surface area contributed by atoms with Gasteiger partial charge >= 0.3 is 0 Å². The average molecular weight is 506 g/mol. The predicted octanol–water partition coefficient (Wildman–Crippen LogP) is 5.02. The van der Waals surface area contributed by atoms with Gasteiger partial charge in [-0.2, -0.15) is 5.26 Å². The summed E-state index contributed by atoms with van der Waals surface area (Å²) < 4.78 is 11.4. The quantitative estimate of drug-likeness (QED) is 0.330. The second-order valence-electron chi connectivity index (χ2n) is 6.72. The van der Waals surface area contributed by atoms with Crippen molar-refractivity contribution in [3.05, 3.63) is 88.4 Å². The van der Waals surface area contributed by atoms with Gasteiger partial charge in [0.05, 0.1) is 17.3 Å². The van der Waals surface area contributed by atoms with E-state index in [0.717, 1.165) is 0 Å². The fourth-order valence-electron chi connectivity index (χ4n) is 2.84. The van der Waals surface area contributed by atoms with E-state index < -0.39 is 5.91 Å². The van der Waals surface area contributed by atoms with Gasteiger partial charge in [-0.25, -0.2) is 0 Å². The number of hydrogen-bond acceptors (Lipinski definition) is 5. The van der Waals surface area contributed by atoms with Crippen LogP contribution in [0.4, 0.5) is 11.4 Å². The Labute approximate surface area is 199 Å². The molecule has 0 heterocycles. The van der Waals surface area contributed by atoms with Crippen LogP contribution in [0.15, 0.2) is 82.8 Å². The van der Waals surface area contributed by atoms with Crippen molar-refractivity contribution in [3.63, 3.8) is 0 Å². The van der Waals surface area contributed by atoms with Gasteiger partial charge in [0.25, 0.3) is 11.8 Å². The van der Waals surface area contributed by atoms with Gasteiger partial charge in [0, 0.05) is 5.69 Å². The van der Waals surface area contributed by atoms with Crippen LogP contribution in [0.2, 0.25) is 0 Å². The van der Waals surface area contributed by atoms with E-state index in [1.54, 1.807) is 66.7 Å². The van der Waals surface area contributed by atoms with E-state index in [2.05, 4.69) is 26.6 Å². The minimum absolute atomic E-state index is 0.0457. The molecule has 0 spiro atoms. The van der Waals surface area contributed by atoms with Crippen LogP contribution in [0, 0.1) is 11.3 Å². The van der Waals surface area contributed by atoms with Crippen molar-refractivity contribution < 1.29 is 19.1 Å². The molecule has 3 aromatic rings. The van der Waals surface area contributed by atoms with Gasteiger partial charge in [-0.3, -0.25) is 9.59 Å². The number of carbonyl (C=O) groups excluding carboxylic acids is 2. The minimum Gasteiger partial charge on any atom is -0.495 e. The molecular weight excluding hydrogens is 486 g/mol. The van der Waals surface area contributed by atoms with Gasteiger partial charge in [-0.05, 0) is 64.0 Å². The third-order valence-corrected chi connectivity index (χ3v) is 5.02. The third-order valence-electron chi connectivity index (χ3n) is 4.40. The zero-order valence-electron chi connectivity index (χ0n) is 17.7. The molecule has 0 fully saturated rings. The van der Waals surface area contributed by atoms with Crippen LogP contribution in [0.1, 0.15) is 5.56 Å². The Morgan fingerprint density at radius 2 is 1.73 bits per heavy atom. The van der Waals surface area contributed by atoms with E-state index in [1.807, 2.05) is 12.1 Å². The van der Waals surface area contributed by atoms with Crippen molar-refractivity contribution in [1.82, 2.24) is 0 Å². The van der Waals surface area contributed by atoms with Gasteiger partial charge in [0.1, 0.15) is 23.1 Å². The molecule has 0 aromatic heterocycles. The number of halogens is 1. The number of nitrogens with zero attached hydrogens (tertiary/aromatic N) is 1. The molecule has 0 aliphatic heterocycles. The number of amides is 2. The van der Waals surface area contributed by atoms with Crippen LogP contribution in [0.25, 0.3) is 6.08 Å². The summed E-state index contributed by atoms with van der Waals surface area (Å²) in [5.41, 5.74) is 1.72. The summed E-state index contributed by atoms with van der Waals surface area (Å²) in [6, 6.07) is 22.9. The van der Waals surface area contributed by atoms with Gasteiger partial charge in [-0.1, -0.05) is 36.4 Å². The summed E-state index contributed by atoms with van der Waals surface area (Å²) in [6.07, 6.45) is 1.47. The molecule has 0 aliphatic rings. The first-order valence-electron chi connectivity index (χ1n) is 9.83. The number of benzene rings is 3. The molecule has 0 saturated heterocycles. The molecule has 3 rings (SSSR count). The molecule has 3 aromatic carbocycles. The number of rotatable bonds is 8. The van der Waals surface area contributed by atoms with Gasteiger partial charge in [-0.15, -0.1) is 0 Å². The van der Waals surface area contributed by atoms with E-state index in [1.165, 1.54) is 13.2 Å². The number of methoxy groups -OCH3 is 1. The highest BCUT2D eigenvalue weighted by molar-refractivity contribution is 9.10. The molecule has 2 N–H and O–H groups in total. The Balaban J connectivity index is 1.63. The van der Waals surface area contributed by atoms with Gasteiger partial charge < -0.3 is 20.1 Å². The van der Waals surface area contributed by atoms with Crippen molar-refractivity contribution in [2.75, 3.05) is 24.4 Å². The smallest absolute Gasteiger partial charge is 0.266 e. The Morgan fingerprint density at radius 1 is 1.00 bits per heavy atom. The number of carbonyl (C=O) groups is 2. The molecule has 0 atom stereocenters. The third kappa shape index (κ3) is 6.69. The van der Waals surface area contributed by atoms with Crippen molar-refractivity contribution in [3.8, 4) is 17.6 Å². The first-order valence-corrected chi connectivity index (χ1v) is 10.6. The Kier molecular flexibility index (Phi) is 8.22. The van der Waals surface area contributed by atoms with Crippen molar-refractivity contribution in [2.45, 2.75) is 0 Å². The first kappa shape index (κ1) is 23.6. The number of para-hydroxylation sites is 3. The second-order valence-corrected chi connectivity index (χ2v) is 7.57. The lowest BCUT2D eigenvalue weighted by molar-refractivity contribution is -0.118. The number of nitriles is 1. The molecule has 0 aliphatic carbocycles. The van der Waals surface area contributed by atoms with Crippen LogP contribution in [-0.2, 0) is 9.59 Å². The number of ether oxygens (including phenoxy) is 2. The molecule has 2 amide bonds. The normalized spacial score (nSPS) is 10.6. The van der Waals surface area contributed by atoms with Gasteiger partial charge in [0.2, 0.25) is 0 Å². The maximum absolute atomic E-state index is 12.4. The summed E-state index contributed by atoms with van der Waals surface area (Å²) in [4.78, 5) is 24.6. The maximum Gasteiger partial charge on any atom is 0.266 e. The topological polar surface area (TPSA) is 100 Å². The first-order chi connectivity index (χ1) is 16.0. The summed E-state index contributed by atoms with van der Waals surface area (Å²) >= 11 is 3.40. The summed E-state index contributed by atoms with van der Waals surface area (Å²) in [5.74, 6) is 0.134. The van der Waals surface area contributed by atoms with E-state index in [4.69, 9.17) is 9.47 Å². The Morgan fingerprint density at radius 3 is 2.42 bits per heavy atom. The SMILES string of the molecule is COc1ccccc1NC(=O)COc1ccc(/C=C(\C#N)C(=O)Nc2ccccc2)cc1Br. The van der Waals surface area contributed by atoms with Crippen molar-refractivity contribution >= 4 is 45.2 Å². The summed E-state index contributed by atoms with van der Waals surface area (Å²) in [5, 5.41) is 14.8. The Bertz CT molecular complexity index is 1220. The maximum atomic E-state index is 12.4. The molecule has 0 unspecified atom stereocenters. The van der Waals surface area contributed by atoms with E-state index >= 15 is 0 Å². The highest BCUT2D eigenvalue weighted by atomic mass is 79.9. The molecule has 0 bridgehead atoms. The monoisotopic (exact) mass is 505 g/mol. The van der Waals surface area contributed by atoms with Crippen LogP contribution in [0.5, 0.6) is 11.5 Å². The molecule has 33 heavy (non-hydrogen) atoms. The second kappa shape index (κ2) is 11.5. The number of anilines is 2. The lowest BCUT2D eigenvalue weighted by Crippen LogP contribution is -2.20. The summed E-state index contributed by atoms with van der Waals surface area (Å²) in [6.45, 7) is -0.214. The number of nitrogens with one attached hydrogen (secondary N) is 2. The fourth-order valence-corrected chi connectivity index (χ4v) is 3.35. The fraction of sp³-hybridized carbons (Fsp3) is 0.0800. The van der Waals surface area contributed by atoms with E-state index in [0.29, 0.717) is 32.9 Å². The summed E-state index contributed by atoms with van der Waals surface area (Å²) in [7, 11) is 1.53. The lowest BCUT2D eigenvalue weighted by atomic mass is 10.1. The lowest BCUT2D eigenvalue weighted by Gasteiger charge is -2.11. The average Bonchev–Trinajstić information content (AvgIpc) is 2.83. The van der Waals surface area contributed by atoms with E-state index in [-0.39, 0.29) is 18.1 Å². The standard InChI is InChI=1S/C25H20BrN3O4/c1-32-23-10-6-5-9-21(23)29-24(30)16-33-22-12-11-17(14-20(22)26)13-18(15-27)25(31)28-19-7-3-2-4-8-19/h2-14H,16H2,1H3,(H,28,31)(H,29,30)/b18-13+. The van der Waals surface area contributed by atoms with E-state index in [9.17, 15) is 14.9 Å². The minimum atomic E-state index is -0.506. The molecule has 0 saturated carbocycles. The molecule has 7 nitrogen and oxygen atoms in total. The largest absolute Gasteiger partial charge is 0.495 e. The van der Waals surface area contributed by atoms with Crippen molar-refractivity contribution in [2.24, 2.45) is 0 Å². The Hall–Kier alpha value is -4.09. The molecule has 8 heteroatoms. The highest BCUT2D eigenvalue weighted by Crippen LogP contribution is 2.27. The van der Waals surface area contributed by atoms with Crippen LogP contribution < -0.4 is 20.1 Å². The van der Waals surface area contributed by atoms with Crippen LogP contribution in [-0.4, -0.2) is 25.5 Å². The van der Waals surface area contributed by atoms with Gasteiger partial charge in [0.15, 0.2) is 6.61 Å². The highest BCUT2D eigenvalue weighted by Gasteiger charge is 2.12. The van der Waals surface area contributed by atoms with Crippen LogP contribution in [0.3, 0.4) is 0 Å². The predicted molar refractivity (Wildman–Crippen MR) is 130 cm³/mol. The number of hydrogen-bond donors (Lipinski definition) is 2. The molecular formula is C25H20BrN3O4. The van der Waals surface area contributed by atoms with Crippen LogP contribution >= 0.6 is 15.9 Å². The zero-order chi connectivity index (χ0) is 23.6. The zero-order valence-corrected chi connectivity index (χ0v) is 19.3. The molecule has 0 radical (unpaired) electrons.